The van der Waals surface area contributed by atoms with Crippen molar-refractivity contribution in [2.75, 3.05) is 0 Å². The molecule has 1 aliphatic rings. The van der Waals surface area contributed by atoms with Gasteiger partial charge in [-0.1, -0.05) is 5.16 Å². The molecule has 0 unspecified atom stereocenters. The summed E-state index contributed by atoms with van der Waals surface area (Å²) in [5, 5.41) is 3.93. The summed E-state index contributed by atoms with van der Waals surface area (Å²) in [5.41, 5.74) is 0.744. The van der Waals surface area contributed by atoms with E-state index in [2.05, 4.69) is 34.0 Å². The highest BCUT2D eigenvalue weighted by atomic mass is 16.5. The molecule has 0 aliphatic carbocycles. The van der Waals surface area contributed by atoms with E-state index in [0.29, 0.717) is 17.5 Å². The molecule has 0 N–H and O–H groups in total. The number of ether oxygens (including phenoxy) is 1. The van der Waals surface area contributed by atoms with Crippen LogP contribution in [0.4, 0.5) is 0 Å². The largest absolute Gasteiger partial charge is 0.363 e. The molecule has 1 fully saturated rings. The molecule has 0 spiro atoms. The van der Waals surface area contributed by atoms with Gasteiger partial charge >= 0.3 is 0 Å². The average molecular weight is 260 g/mol. The van der Waals surface area contributed by atoms with Crippen molar-refractivity contribution >= 4 is 0 Å². The number of aryl methyl sites for hydroxylation is 1. The Balaban J connectivity index is 1.84. The van der Waals surface area contributed by atoms with Gasteiger partial charge in [0.15, 0.2) is 0 Å². The molecule has 1 aliphatic heterocycles. The first kappa shape index (κ1) is 12.2. The Morgan fingerprint density at radius 1 is 1.26 bits per heavy atom. The number of nitrogens with zero attached hydrogens (tertiary/aromatic N) is 4. The first-order chi connectivity index (χ1) is 9.03. The lowest BCUT2D eigenvalue weighted by atomic mass is 10.1. The van der Waals surface area contributed by atoms with Crippen LogP contribution in [-0.2, 0) is 4.74 Å². The molecule has 19 heavy (non-hydrogen) atoms. The van der Waals surface area contributed by atoms with Gasteiger partial charge in [0.05, 0.1) is 5.60 Å². The van der Waals surface area contributed by atoms with Gasteiger partial charge < -0.3 is 9.26 Å². The number of hydrogen-bond acceptors (Lipinski definition) is 6. The fourth-order valence-corrected chi connectivity index (χ4v) is 2.17. The third-order valence-electron chi connectivity index (χ3n) is 3.18. The lowest BCUT2D eigenvalue weighted by Crippen LogP contribution is -2.17. The Morgan fingerprint density at radius 3 is 2.79 bits per heavy atom. The van der Waals surface area contributed by atoms with Crippen molar-refractivity contribution in [1.82, 2.24) is 20.1 Å². The second-order valence-corrected chi connectivity index (χ2v) is 5.38. The van der Waals surface area contributed by atoms with Gasteiger partial charge in [0.25, 0.3) is 5.89 Å². The molecule has 100 valence electrons. The zero-order chi connectivity index (χ0) is 13.5. The van der Waals surface area contributed by atoms with Crippen LogP contribution >= 0.6 is 0 Å². The van der Waals surface area contributed by atoms with Crippen molar-refractivity contribution in [3.05, 3.63) is 23.8 Å². The zero-order valence-corrected chi connectivity index (χ0v) is 11.3. The minimum Gasteiger partial charge on any atom is -0.363 e. The molecule has 0 radical (unpaired) electrons. The van der Waals surface area contributed by atoms with Crippen LogP contribution in [-0.4, -0.2) is 25.7 Å². The highest BCUT2D eigenvalue weighted by Gasteiger charge is 2.35. The fraction of sp³-hybridized carbons (Fsp3) is 0.538. The topological polar surface area (TPSA) is 73.9 Å². The van der Waals surface area contributed by atoms with Crippen LogP contribution in [0.3, 0.4) is 0 Å². The van der Waals surface area contributed by atoms with Crippen LogP contribution < -0.4 is 0 Å². The van der Waals surface area contributed by atoms with Crippen LogP contribution in [0.5, 0.6) is 0 Å². The number of hydrogen-bond donors (Lipinski definition) is 0. The lowest BCUT2D eigenvalue weighted by molar-refractivity contribution is -0.0292. The molecular formula is C13H16N4O2. The van der Waals surface area contributed by atoms with Crippen molar-refractivity contribution in [2.24, 2.45) is 0 Å². The van der Waals surface area contributed by atoms with Crippen molar-refractivity contribution in [3.63, 3.8) is 0 Å². The Morgan fingerprint density at radius 2 is 2.11 bits per heavy atom. The summed E-state index contributed by atoms with van der Waals surface area (Å²) in [6, 6.07) is 1.83. The summed E-state index contributed by atoms with van der Waals surface area (Å²) in [6.45, 7) is 6.02. The molecule has 1 saturated heterocycles. The van der Waals surface area contributed by atoms with E-state index in [0.717, 1.165) is 18.5 Å². The molecule has 3 heterocycles. The molecule has 0 saturated carbocycles. The Hall–Kier alpha value is -1.82. The average Bonchev–Trinajstić information content (AvgIpc) is 2.95. The standard InChI is InChI=1S/C13H16N4O2/c1-8-5-7-14-10(15-8)11-16-12(19-17-11)9-4-6-13(2,3)18-9/h5,7,9H,4,6H2,1-3H3/t9-/m0/s1. The smallest absolute Gasteiger partial charge is 0.256 e. The van der Waals surface area contributed by atoms with Crippen molar-refractivity contribution in [2.45, 2.75) is 45.3 Å². The third-order valence-corrected chi connectivity index (χ3v) is 3.18. The minimum atomic E-state index is -0.126. The Labute approximate surface area is 111 Å². The van der Waals surface area contributed by atoms with E-state index in [9.17, 15) is 0 Å². The quantitative estimate of drug-likeness (QED) is 0.825. The second-order valence-electron chi connectivity index (χ2n) is 5.38. The molecule has 2 aromatic rings. The molecule has 1 atom stereocenters. The molecule has 0 amide bonds. The summed E-state index contributed by atoms with van der Waals surface area (Å²) < 4.78 is 11.1. The fourth-order valence-electron chi connectivity index (χ4n) is 2.17. The first-order valence-electron chi connectivity index (χ1n) is 6.35. The summed E-state index contributed by atoms with van der Waals surface area (Å²) >= 11 is 0. The molecule has 3 rings (SSSR count). The van der Waals surface area contributed by atoms with Gasteiger partial charge in [0.1, 0.15) is 6.10 Å². The van der Waals surface area contributed by atoms with E-state index in [4.69, 9.17) is 9.26 Å². The third kappa shape index (κ3) is 2.49. The molecule has 2 aromatic heterocycles. The van der Waals surface area contributed by atoms with Crippen molar-refractivity contribution in [1.29, 1.82) is 0 Å². The summed E-state index contributed by atoms with van der Waals surface area (Å²) in [4.78, 5) is 12.8. The van der Waals surface area contributed by atoms with Crippen LogP contribution in [0.2, 0.25) is 0 Å². The predicted molar refractivity (Wildman–Crippen MR) is 67.2 cm³/mol. The van der Waals surface area contributed by atoms with E-state index < -0.39 is 0 Å². The maximum Gasteiger partial charge on any atom is 0.256 e. The van der Waals surface area contributed by atoms with Gasteiger partial charge in [0.2, 0.25) is 11.6 Å². The van der Waals surface area contributed by atoms with E-state index in [1.54, 1.807) is 6.20 Å². The van der Waals surface area contributed by atoms with Crippen LogP contribution in [0.25, 0.3) is 11.6 Å². The van der Waals surface area contributed by atoms with Crippen LogP contribution in [0.15, 0.2) is 16.8 Å². The normalized spacial score (nSPS) is 21.7. The van der Waals surface area contributed by atoms with Gasteiger partial charge in [-0.25, -0.2) is 9.97 Å². The summed E-state index contributed by atoms with van der Waals surface area (Å²) in [6.07, 6.45) is 3.43. The number of rotatable bonds is 2. The molecule has 0 bridgehead atoms. The Kier molecular flexibility index (Phi) is 2.82. The summed E-state index contributed by atoms with van der Waals surface area (Å²) in [5.74, 6) is 1.39. The minimum absolute atomic E-state index is 0.124. The second kappa shape index (κ2) is 4.38. The van der Waals surface area contributed by atoms with Crippen molar-refractivity contribution < 1.29 is 9.26 Å². The summed E-state index contributed by atoms with van der Waals surface area (Å²) in [7, 11) is 0. The molecular weight excluding hydrogens is 244 g/mol. The molecule has 6 nitrogen and oxygen atoms in total. The maximum absolute atomic E-state index is 5.87. The molecule has 0 aromatic carbocycles. The Bertz CT molecular complexity index is 594. The first-order valence-corrected chi connectivity index (χ1v) is 6.35. The SMILES string of the molecule is Cc1ccnc(-c2noc([C@@H]3CCC(C)(C)O3)n2)n1. The lowest BCUT2D eigenvalue weighted by Gasteiger charge is -2.17. The van der Waals surface area contributed by atoms with Crippen LogP contribution in [0, 0.1) is 6.92 Å². The van der Waals surface area contributed by atoms with Crippen molar-refractivity contribution in [3.8, 4) is 11.6 Å². The number of aromatic nitrogens is 4. The monoisotopic (exact) mass is 260 g/mol. The van der Waals surface area contributed by atoms with Gasteiger partial charge in [-0.3, -0.25) is 0 Å². The molecule has 6 heteroatoms. The van der Waals surface area contributed by atoms with E-state index >= 15 is 0 Å². The predicted octanol–water partition coefficient (Wildman–Crippen LogP) is 2.47. The van der Waals surface area contributed by atoms with Gasteiger partial charge in [-0.15, -0.1) is 0 Å². The van der Waals surface area contributed by atoms with Crippen LogP contribution in [0.1, 0.15) is 44.4 Å². The van der Waals surface area contributed by atoms with E-state index in [-0.39, 0.29) is 11.7 Å². The maximum atomic E-state index is 5.87. The highest BCUT2D eigenvalue weighted by molar-refractivity contribution is 5.41. The zero-order valence-electron chi connectivity index (χ0n) is 11.3. The highest BCUT2D eigenvalue weighted by Crippen LogP contribution is 2.38. The van der Waals surface area contributed by atoms with E-state index in [1.165, 1.54) is 0 Å². The van der Waals surface area contributed by atoms with Gasteiger partial charge in [0, 0.05) is 11.9 Å². The van der Waals surface area contributed by atoms with E-state index in [1.807, 2.05) is 13.0 Å². The van der Waals surface area contributed by atoms with Gasteiger partial charge in [-0.2, -0.15) is 4.98 Å². The van der Waals surface area contributed by atoms with Gasteiger partial charge in [-0.05, 0) is 39.7 Å².